The lowest BCUT2D eigenvalue weighted by molar-refractivity contribution is -0.141. The van der Waals surface area contributed by atoms with Crippen LogP contribution in [0.15, 0.2) is 36.7 Å². The molecular formula is C19H19ClF3N5O. The highest BCUT2D eigenvalue weighted by Crippen LogP contribution is 2.35. The largest absolute Gasteiger partial charge is 0.436 e. The summed E-state index contributed by atoms with van der Waals surface area (Å²) in [4.78, 5) is 12.2. The molecule has 0 fully saturated rings. The summed E-state index contributed by atoms with van der Waals surface area (Å²) in [6, 6.07) is 7.92. The van der Waals surface area contributed by atoms with Crippen LogP contribution in [0.4, 0.5) is 18.9 Å². The van der Waals surface area contributed by atoms with Crippen molar-refractivity contribution in [3.63, 3.8) is 0 Å². The van der Waals surface area contributed by atoms with Crippen molar-refractivity contribution >= 4 is 23.2 Å². The number of carbonyl (C=O) groups excluding carboxylic acids is 1. The van der Waals surface area contributed by atoms with E-state index in [0.29, 0.717) is 12.2 Å². The molecule has 0 atom stereocenters. The van der Waals surface area contributed by atoms with Crippen LogP contribution in [-0.2, 0) is 24.1 Å². The minimum absolute atomic E-state index is 0.0230. The molecule has 0 saturated carbocycles. The highest BCUT2D eigenvalue weighted by molar-refractivity contribution is 6.31. The fraction of sp³-hybridized carbons (Fsp3) is 0.316. The number of aromatic nitrogens is 4. The van der Waals surface area contributed by atoms with Crippen molar-refractivity contribution in [2.75, 3.05) is 5.32 Å². The Kier molecular flexibility index (Phi) is 5.97. The molecule has 10 heteroatoms. The lowest BCUT2D eigenvalue weighted by Gasteiger charge is -2.06. The van der Waals surface area contributed by atoms with Gasteiger partial charge < -0.3 is 5.32 Å². The van der Waals surface area contributed by atoms with Gasteiger partial charge in [0.1, 0.15) is 0 Å². The van der Waals surface area contributed by atoms with E-state index < -0.39 is 16.9 Å². The van der Waals surface area contributed by atoms with Crippen LogP contribution >= 0.6 is 11.6 Å². The maximum Gasteiger partial charge on any atom is 0.436 e. The van der Waals surface area contributed by atoms with Gasteiger partial charge in [-0.1, -0.05) is 35.9 Å². The molecular weight excluding hydrogens is 407 g/mol. The van der Waals surface area contributed by atoms with Crippen molar-refractivity contribution < 1.29 is 18.0 Å². The predicted octanol–water partition coefficient (Wildman–Crippen LogP) is 4.45. The molecule has 29 heavy (non-hydrogen) atoms. The first-order valence-corrected chi connectivity index (χ1v) is 9.20. The molecule has 0 aliphatic rings. The standard InChI is InChI=1S/C19H19ClF3N5O/c1-12-5-3-4-6-14(12)10-27-11-15(9-24-27)25-16(29)7-8-28-13(2)17(20)18(26-28)19(21,22)23/h3-6,9,11H,7-8,10H2,1-2H3,(H,25,29). The van der Waals surface area contributed by atoms with Crippen molar-refractivity contribution in [3.8, 4) is 0 Å². The summed E-state index contributed by atoms with van der Waals surface area (Å²) in [6.45, 7) is 3.98. The molecule has 6 nitrogen and oxygen atoms in total. The number of nitrogens with one attached hydrogen (secondary N) is 1. The molecule has 0 aliphatic carbocycles. The van der Waals surface area contributed by atoms with Crippen molar-refractivity contribution in [2.24, 2.45) is 0 Å². The van der Waals surface area contributed by atoms with Gasteiger partial charge in [0.2, 0.25) is 5.91 Å². The van der Waals surface area contributed by atoms with Gasteiger partial charge in [-0.05, 0) is 25.0 Å². The summed E-state index contributed by atoms with van der Waals surface area (Å²) in [5.74, 6) is -0.361. The van der Waals surface area contributed by atoms with Crippen molar-refractivity contribution in [3.05, 3.63) is 64.2 Å². The molecule has 0 aliphatic heterocycles. The Morgan fingerprint density at radius 2 is 1.97 bits per heavy atom. The van der Waals surface area contributed by atoms with E-state index in [2.05, 4.69) is 15.5 Å². The number of benzene rings is 1. The Balaban J connectivity index is 1.58. The van der Waals surface area contributed by atoms with Crippen molar-refractivity contribution in [1.82, 2.24) is 19.6 Å². The van der Waals surface area contributed by atoms with Crippen LogP contribution in [0.1, 0.15) is 28.9 Å². The zero-order valence-corrected chi connectivity index (χ0v) is 16.6. The zero-order valence-electron chi connectivity index (χ0n) is 15.8. The lowest BCUT2D eigenvalue weighted by Crippen LogP contribution is -2.16. The summed E-state index contributed by atoms with van der Waals surface area (Å²) in [6.07, 6.45) is -1.48. The third kappa shape index (κ3) is 4.97. The lowest BCUT2D eigenvalue weighted by atomic mass is 10.1. The number of halogens is 4. The number of amides is 1. The van der Waals surface area contributed by atoms with Crippen LogP contribution in [0.25, 0.3) is 0 Å². The number of nitrogens with zero attached hydrogens (tertiary/aromatic N) is 4. The second kappa shape index (κ2) is 8.28. The molecule has 3 aromatic rings. The van der Waals surface area contributed by atoms with Gasteiger partial charge >= 0.3 is 6.18 Å². The van der Waals surface area contributed by atoms with E-state index in [1.54, 1.807) is 10.9 Å². The minimum atomic E-state index is -4.64. The first-order chi connectivity index (χ1) is 13.6. The van der Waals surface area contributed by atoms with E-state index in [1.807, 2.05) is 31.2 Å². The maximum absolute atomic E-state index is 12.9. The molecule has 2 aromatic heterocycles. The van der Waals surface area contributed by atoms with Gasteiger partial charge in [0, 0.05) is 12.6 Å². The number of hydrogen-bond acceptors (Lipinski definition) is 3. The Bertz CT molecular complexity index is 1030. The van der Waals surface area contributed by atoms with Crippen LogP contribution in [0.3, 0.4) is 0 Å². The number of aryl methyl sites for hydroxylation is 2. The monoisotopic (exact) mass is 425 g/mol. The van der Waals surface area contributed by atoms with E-state index >= 15 is 0 Å². The van der Waals surface area contributed by atoms with Crippen LogP contribution in [0, 0.1) is 13.8 Å². The quantitative estimate of drug-likeness (QED) is 0.634. The van der Waals surface area contributed by atoms with E-state index in [-0.39, 0.29) is 24.6 Å². The van der Waals surface area contributed by atoms with Gasteiger partial charge in [-0.3, -0.25) is 14.2 Å². The Morgan fingerprint density at radius 1 is 1.24 bits per heavy atom. The summed E-state index contributed by atoms with van der Waals surface area (Å²) < 4.78 is 41.4. The fourth-order valence-electron chi connectivity index (χ4n) is 2.83. The topological polar surface area (TPSA) is 64.7 Å². The average Bonchev–Trinajstić information content (AvgIpc) is 3.20. The van der Waals surface area contributed by atoms with E-state index in [0.717, 1.165) is 15.8 Å². The zero-order chi connectivity index (χ0) is 21.2. The molecule has 0 bridgehead atoms. The van der Waals surface area contributed by atoms with Crippen molar-refractivity contribution in [1.29, 1.82) is 0 Å². The van der Waals surface area contributed by atoms with Crippen LogP contribution in [0.2, 0.25) is 5.02 Å². The van der Waals surface area contributed by atoms with Gasteiger partial charge in [-0.15, -0.1) is 0 Å². The van der Waals surface area contributed by atoms with Gasteiger partial charge in [0.15, 0.2) is 5.69 Å². The Hall–Kier alpha value is -2.81. The Labute approximate surface area is 170 Å². The van der Waals surface area contributed by atoms with E-state index in [1.165, 1.54) is 13.1 Å². The van der Waals surface area contributed by atoms with Gasteiger partial charge in [-0.25, -0.2) is 0 Å². The third-order valence-electron chi connectivity index (χ3n) is 4.46. The molecule has 1 amide bonds. The second-order valence-corrected chi connectivity index (χ2v) is 7.00. The smallest absolute Gasteiger partial charge is 0.323 e. The van der Waals surface area contributed by atoms with Gasteiger partial charge in [-0.2, -0.15) is 23.4 Å². The van der Waals surface area contributed by atoms with E-state index in [9.17, 15) is 18.0 Å². The third-order valence-corrected chi connectivity index (χ3v) is 4.92. The number of hydrogen-bond donors (Lipinski definition) is 1. The number of carbonyl (C=O) groups is 1. The molecule has 0 radical (unpaired) electrons. The highest BCUT2D eigenvalue weighted by atomic mass is 35.5. The van der Waals surface area contributed by atoms with Crippen LogP contribution in [0.5, 0.6) is 0 Å². The summed E-state index contributed by atoms with van der Waals surface area (Å²) in [5, 5.41) is 9.94. The first kappa shape index (κ1) is 20.9. The molecule has 154 valence electrons. The number of alkyl halides is 3. The fourth-order valence-corrected chi connectivity index (χ4v) is 3.07. The normalized spacial score (nSPS) is 11.7. The van der Waals surface area contributed by atoms with E-state index in [4.69, 9.17) is 11.6 Å². The molecule has 0 spiro atoms. The van der Waals surface area contributed by atoms with Crippen LogP contribution in [-0.4, -0.2) is 25.5 Å². The summed E-state index contributed by atoms with van der Waals surface area (Å²) in [5.41, 5.74) is 1.78. The molecule has 0 saturated heterocycles. The Morgan fingerprint density at radius 3 is 2.62 bits per heavy atom. The number of anilines is 1. The summed E-state index contributed by atoms with van der Waals surface area (Å²) in [7, 11) is 0. The van der Waals surface area contributed by atoms with Gasteiger partial charge in [0.05, 0.1) is 35.7 Å². The second-order valence-electron chi connectivity index (χ2n) is 6.62. The van der Waals surface area contributed by atoms with Gasteiger partial charge in [0.25, 0.3) is 0 Å². The molecule has 1 aromatic carbocycles. The summed E-state index contributed by atoms with van der Waals surface area (Å²) >= 11 is 5.71. The predicted molar refractivity (Wildman–Crippen MR) is 103 cm³/mol. The highest BCUT2D eigenvalue weighted by Gasteiger charge is 2.38. The molecule has 0 unspecified atom stereocenters. The SMILES string of the molecule is Cc1ccccc1Cn1cc(NC(=O)CCn2nc(C(F)(F)F)c(Cl)c2C)cn1. The van der Waals surface area contributed by atoms with Crippen LogP contribution < -0.4 is 5.32 Å². The number of rotatable bonds is 6. The molecule has 2 heterocycles. The minimum Gasteiger partial charge on any atom is -0.323 e. The first-order valence-electron chi connectivity index (χ1n) is 8.82. The van der Waals surface area contributed by atoms with Crippen molar-refractivity contribution in [2.45, 2.75) is 39.5 Å². The molecule has 1 N–H and O–H groups in total. The average molecular weight is 426 g/mol. The maximum atomic E-state index is 12.9. The molecule has 3 rings (SSSR count).